The molecule has 2 aliphatic heterocycles. The third-order valence-electron chi connectivity index (χ3n) is 14.7. The van der Waals surface area contributed by atoms with Crippen molar-refractivity contribution in [3.8, 4) is 0 Å². The van der Waals surface area contributed by atoms with E-state index in [0.29, 0.717) is 54.5 Å². The zero-order valence-corrected chi connectivity index (χ0v) is 56.0. The second kappa shape index (κ2) is 33.0. The fourth-order valence-electron chi connectivity index (χ4n) is 10.3. The van der Waals surface area contributed by atoms with Crippen molar-refractivity contribution in [2.75, 3.05) is 11.9 Å². The SMILES string of the molecule is Brc1ccc2[nH]ncc2c1.CC(F)(F)C(=O)N[C@H]1CC(=O)N(c2ccc3c(cnn3Cc3cccc(F)c3)c2)C1c1ccc(F)cc1.CC(F)(F)C(=O)N[C@H]1CC(=O)NC1c1ccc(F)cc1.CN.Fc1cccc(CBr)c1.Fc1cccc(Cn2ncc3cc(Br)ccc32)c1. The van der Waals surface area contributed by atoms with E-state index in [1.165, 1.54) is 96.9 Å². The molecule has 0 aliphatic carbocycles. The number of fused-ring (bicyclic) bond motifs is 3. The lowest BCUT2D eigenvalue weighted by Crippen LogP contribution is -2.46. The second-order valence-corrected chi connectivity index (χ2v) is 24.3. The summed E-state index contributed by atoms with van der Waals surface area (Å²) < 4.78 is 124. The highest BCUT2D eigenvalue weighted by Crippen LogP contribution is 2.39. The van der Waals surface area contributed by atoms with Crippen LogP contribution in [0.4, 0.5) is 45.2 Å². The fourth-order valence-corrected chi connectivity index (χ4v) is 11.4. The van der Waals surface area contributed by atoms with Gasteiger partial charge in [0.2, 0.25) is 11.8 Å². The Morgan fingerprint density at radius 1 is 0.552 bits per heavy atom. The Labute approximate surface area is 570 Å². The highest BCUT2D eigenvalue weighted by atomic mass is 79.9. The Balaban J connectivity index is 0.000000168. The molecule has 2 fully saturated rings. The predicted octanol–water partition coefficient (Wildman–Crippen LogP) is 15.1. The van der Waals surface area contributed by atoms with Crippen molar-refractivity contribution in [3.05, 3.63) is 260 Å². The van der Waals surface area contributed by atoms with Crippen LogP contribution in [0, 0.1) is 29.1 Å². The van der Waals surface area contributed by atoms with E-state index in [0.717, 1.165) is 53.0 Å². The van der Waals surface area contributed by atoms with Crippen molar-refractivity contribution in [3.63, 3.8) is 0 Å². The van der Waals surface area contributed by atoms with Crippen LogP contribution in [-0.2, 0) is 37.6 Å². The summed E-state index contributed by atoms with van der Waals surface area (Å²) in [7, 11) is 1.50. The molecule has 5 heterocycles. The van der Waals surface area contributed by atoms with Gasteiger partial charge >= 0.3 is 11.8 Å². The van der Waals surface area contributed by atoms with Gasteiger partial charge in [-0.2, -0.15) is 32.9 Å². The van der Waals surface area contributed by atoms with Crippen LogP contribution in [0.3, 0.4) is 0 Å². The third kappa shape index (κ3) is 19.7. The first-order chi connectivity index (χ1) is 45.8. The van der Waals surface area contributed by atoms with Crippen LogP contribution in [0.2, 0.25) is 0 Å². The lowest BCUT2D eigenvalue weighted by atomic mass is 9.99. The molecule has 11 aromatic rings. The number of alkyl halides is 5. The molecule has 13 rings (SSSR count). The molecule has 0 spiro atoms. The lowest BCUT2D eigenvalue weighted by molar-refractivity contribution is -0.144. The molecule has 0 bridgehead atoms. The molecule has 0 radical (unpaired) electrons. The largest absolute Gasteiger partial charge is 0.347 e. The van der Waals surface area contributed by atoms with Gasteiger partial charge in [-0.25, -0.2) is 22.0 Å². The van der Waals surface area contributed by atoms with Crippen molar-refractivity contribution in [2.45, 2.75) is 81.1 Å². The monoisotopic (exact) mass is 1520 g/mol. The standard InChI is InChI=1S/C27H22F4N4O2.C14H10BrFN2.C13H13F3N2O2.C7H6BrF.C7H5BrN2.CH5N/c1-27(30,31)26(37)33-22-13-24(36)35(25(22)17-5-7-19(28)8-6-17)21-9-10-23-18(12-21)14-32-34(23)15-16-3-2-4-20(29)11-16;15-12-4-5-14-11(7-12)8-17-18(14)9-10-2-1-3-13(16)6-10;1-13(15,16)12(20)17-9-6-10(19)18-11(9)7-2-4-8(14)5-3-7;8-5-6-2-1-3-7(9)4-6;8-6-1-2-7-5(3-6)4-9-10-7;1-2/h2-12,14,22,25H,13,15H2,1H3,(H,33,37);1-8H,9H2;2-5,9,11H,6H2,1H3,(H,17,20)(H,18,19);1-4H,5H2;1-4H,(H,9,10);2H2,1H3/t22-,25?;;9-,11?;;;/m0.0.../s1. The maximum atomic E-state index is 13.6. The summed E-state index contributed by atoms with van der Waals surface area (Å²) in [6.07, 6.45) is 4.94. The minimum absolute atomic E-state index is 0.0934. The van der Waals surface area contributed by atoms with Crippen LogP contribution < -0.4 is 26.6 Å². The Bertz CT molecular complexity index is 4470. The van der Waals surface area contributed by atoms with Crippen molar-refractivity contribution >= 4 is 110 Å². The van der Waals surface area contributed by atoms with Crippen molar-refractivity contribution < 1.29 is 58.7 Å². The van der Waals surface area contributed by atoms with E-state index < -0.39 is 59.5 Å². The number of rotatable bonds is 12. The molecule has 27 heteroatoms. The summed E-state index contributed by atoms with van der Waals surface area (Å²) in [6.45, 7) is 1.88. The lowest BCUT2D eigenvalue weighted by Gasteiger charge is -2.29. The molecule has 3 aromatic heterocycles. The number of hydrogen-bond donors (Lipinski definition) is 5. The normalized spacial score (nSPS) is 15.7. The van der Waals surface area contributed by atoms with Gasteiger partial charge in [-0.05, 0) is 150 Å². The number of amides is 4. The molecule has 500 valence electrons. The number of nitrogens with zero attached hydrogens (tertiary/aromatic N) is 6. The van der Waals surface area contributed by atoms with Gasteiger partial charge in [0.05, 0.1) is 72.4 Å². The molecule has 96 heavy (non-hydrogen) atoms. The fraction of sp³-hybridized carbons (Fsp3) is 0.203. The molecule has 4 amide bonds. The summed E-state index contributed by atoms with van der Waals surface area (Å²) in [5, 5.41) is 26.1. The molecule has 2 saturated heterocycles. The van der Waals surface area contributed by atoms with E-state index in [4.69, 9.17) is 0 Å². The molecule has 15 nitrogen and oxygen atoms in total. The highest BCUT2D eigenvalue weighted by Gasteiger charge is 2.45. The van der Waals surface area contributed by atoms with E-state index in [1.807, 2.05) is 59.4 Å². The summed E-state index contributed by atoms with van der Waals surface area (Å²) in [5.74, 6) is -12.5. The first kappa shape index (κ1) is 72.6. The quantitative estimate of drug-likeness (QED) is 0.0588. The third-order valence-corrected chi connectivity index (χ3v) is 16.3. The zero-order chi connectivity index (χ0) is 69.4. The van der Waals surface area contributed by atoms with Gasteiger partial charge < -0.3 is 26.6 Å². The van der Waals surface area contributed by atoms with E-state index >= 15 is 0 Å². The Morgan fingerprint density at radius 2 is 1.02 bits per heavy atom. The van der Waals surface area contributed by atoms with Crippen LogP contribution in [0.1, 0.15) is 66.6 Å². The number of aromatic nitrogens is 6. The number of carbonyl (C=O) groups is 4. The highest BCUT2D eigenvalue weighted by molar-refractivity contribution is 9.10. The van der Waals surface area contributed by atoms with E-state index in [2.05, 4.69) is 89.9 Å². The van der Waals surface area contributed by atoms with E-state index in [1.54, 1.807) is 59.5 Å². The molecule has 2 aliphatic rings. The number of nitrogens with two attached hydrogens (primary N) is 1. The number of benzene rings is 8. The molecule has 4 atom stereocenters. The first-order valence-electron chi connectivity index (χ1n) is 29.3. The minimum atomic E-state index is -3.63. The molecule has 0 saturated carbocycles. The number of carbonyl (C=O) groups excluding carboxylic acids is 4. The maximum Gasteiger partial charge on any atom is 0.321 e. The van der Waals surface area contributed by atoms with Gasteiger partial charge in [-0.3, -0.25) is 33.6 Å². The predicted molar refractivity (Wildman–Crippen MR) is 359 cm³/mol. The number of aromatic amines is 1. The van der Waals surface area contributed by atoms with Crippen molar-refractivity contribution in [1.82, 2.24) is 45.7 Å². The van der Waals surface area contributed by atoms with Crippen LogP contribution in [-0.4, -0.2) is 84.4 Å². The Kier molecular flexibility index (Phi) is 25.0. The zero-order valence-electron chi connectivity index (χ0n) is 51.2. The second-order valence-electron chi connectivity index (χ2n) is 21.9. The van der Waals surface area contributed by atoms with Gasteiger partial charge in [0.1, 0.15) is 29.1 Å². The number of H-pyrrole nitrogens is 1. The van der Waals surface area contributed by atoms with Gasteiger partial charge in [0, 0.05) is 62.8 Å². The smallest absolute Gasteiger partial charge is 0.321 e. The molecular formula is C69H61Br3F9N11O4. The average molecular weight is 1520 g/mol. The molecule has 2 unspecified atom stereocenters. The summed E-state index contributed by atoms with van der Waals surface area (Å²) in [5.41, 5.74) is 11.5. The number of hydrogen-bond acceptors (Lipinski definition) is 8. The van der Waals surface area contributed by atoms with Crippen LogP contribution in [0.15, 0.2) is 203 Å². The number of anilines is 1. The van der Waals surface area contributed by atoms with Crippen LogP contribution >= 0.6 is 47.8 Å². The van der Waals surface area contributed by atoms with Crippen molar-refractivity contribution in [2.24, 2.45) is 5.73 Å². The Morgan fingerprint density at radius 3 is 1.53 bits per heavy atom. The first-order valence-corrected chi connectivity index (χ1v) is 32.0. The average Bonchev–Trinajstić information content (AvgIpc) is 1.61. The van der Waals surface area contributed by atoms with E-state index in [-0.39, 0.29) is 42.1 Å². The van der Waals surface area contributed by atoms with Gasteiger partial charge in [-0.15, -0.1) is 0 Å². The van der Waals surface area contributed by atoms with Crippen molar-refractivity contribution in [1.29, 1.82) is 0 Å². The van der Waals surface area contributed by atoms with Crippen LogP contribution in [0.25, 0.3) is 32.7 Å². The Hall–Kier alpha value is -9.18. The summed E-state index contributed by atoms with van der Waals surface area (Å²) >= 11 is 10.0. The topological polar surface area (TPSA) is 198 Å². The van der Waals surface area contributed by atoms with Gasteiger partial charge in [-0.1, -0.05) is 108 Å². The van der Waals surface area contributed by atoms with Gasteiger partial charge in [0.15, 0.2) is 0 Å². The number of halogens is 12. The van der Waals surface area contributed by atoms with Crippen LogP contribution in [0.5, 0.6) is 0 Å². The van der Waals surface area contributed by atoms with E-state index in [9.17, 15) is 58.7 Å². The molecule has 8 aromatic carbocycles. The number of nitrogens with one attached hydrogen (secondary N) is 4. The molecular weight excluding hydrogens is 1460 g/mol. The minimum Gasteiger partial charge on any atom is -0.347 e. The van der Waals surface area contributed by atoms with Gasteiger partial charge in [0.25, 0.3) is 11.8 Å². The maximum absolute atomic E-state index is 13.6. The summed E-state index contributed by atoms with van der Waals surface area (Å²) in [4.78, 5) is 49.3. The molecule has 6 N–H and O–H groups in total. The summed E-state index contributed by atoms with van der Waals surface area (Å²) in [6, 6.07) is 43.9.